The fourth-order valence-electron chi connectivity index (χ4n) is 1.80. The minimum Gasteiger partial charge on any atom is -0.486 e. The van der Waals surface area contributed by atoms with E-state index in [4.69, 9.17) is 4.74 Å². The summed E-state index contributed by atoms with van der Waals surface area (Å²) in [5, 5.41) is 3.42. The van der Waals surface area contributed by atoms with Gasteiger partial charge < -0.3 is 10.1 Å². The molecule has 4 heteroatoms. The summed E-state index contributed by atoms with van der Waals surface area (Å²) in [6.07, 6.45) is 3.44. The number of hydrogen-bond donors (Lipinski definition) is 1. The Morgan fingerprint density at radius 2 is 1.95 bits per heavy atom. The molecule has 0 unspecified atom stereocenters. The highest BCUT2D eigenvalue weighted by atomic mass is 16.5. The lowest BCUT2D eigenvalue weighted by Gasteiger charge is -2.09. The molecule has 1 aromatic heterocycles. The second-order valence-corrected chi connectivity index (χ2v) is 5.13. The van der Waals surface area contributed by atoms with Crippen molar-refractivity contribution in [1.29, 1.82) is 0 Å². The zero-order valence-corrected chi connectivity index (χ0v) is 12.0. The normalized spacial score (nSPS) is 10.8. The van der Waals surface area contributed by atoms with E-state index in [1.165, 1.54) is 5.56 Å². The molecule has 0 atom stereocenters. The maximum atomic E-state index is 5.71. The van der Waals surface area contributed by atoms with Gasteiger partial charge in [-0.05, 0) is 36.2 Å². The summed E-state index contributed by atoms with van der Waals surface area (Å²) in [5.41, 5.74) is 1.22. The van der Waals surface area contributed by atoms with Gasteiger partial charge in [0.25, 0.3) is 0 Å². The molecular weight excluding hydrogens is 250 g/mol. The number of hydrogen-bond acceptors (Lipinski definition) is 4. The van der Waals surface area contributed by atoms with Crippen molar-refractivity contribution in [3.8, 4) is 5.75 Å². The maximum Gasteiger partial charge on any atom is 0.166 e. The summed E-state index contributed by atoms with van der Waals surface area (Å²) < 4.78 is 5.71. The van der Waals surface area contributed by atoms with Crippen molar-refractivity contribution in [3.63, 3.8) is 0 Å². The Morgan fingerprint density at radius 1 is 1.15 bits per heavy atom. The van der Waals surface area contributed by atoms with E-state index in [-0.39, 0.29) is 0 Å². The fourth-order valence-corrected chi connectivity index (χ4v) is 1.80. The van der Waals surface area contributed by atoms with Crippen LogP contribution in [0, 0.1) is 5.92 Å². The van der Waals surface area contributed by atoms with Crippen LogP contribution in [0.5, 0.6) is 5.75 Å². The van der Waals surface area contributed by atoms with Crippen LogP contribution >= 0.6 is 0 Å². The summed E-state index contributed by atoms with van der Waals surface area (Å²) in [6.45, 7) is 6.67. The SMILES string of the molecule is CC(C)CNCc1cccc(OCc2ncccn2)c1. The van der Waals surface area contributed by atoms with E-state index < -0.39 is 0 Å². The average molecular weight is 271 g/mol. The lowest BCUT2D eigenvalue weighted by atomic mass is 10.2. The van der Waals surface area contributed by atoms with E-state index in [2.05, 4.69) is 41.3 Å². The largest absolute Gasteiger partial charge is 0.486 e. The van der Waals surface area contributed by atoms with E-state index in [1.54, 1.807) is 18.5 Å². The third-order valence-electron chi connectivity index (χ3n) is 2.77. The van der Waals surface area contributed by atoms with Gasteiger partial charge in [0, 0.05) is 18.9 Å². The van der Waals surface area contributed by atoms with Crippen molar-refractivity contribution in [2.75, 3.05) is 6.54 Å². The van der Waals surface area contributed by atoms with Crippen molar-refractivity contribution in [3.05, 3.63) is 54.1 Å². The molecule has 0 aliphatic carbocycles. The van der Waals surface area contributed by atoms with Crippen LogP contribution in [0.25, 0.3) is 0 Å². The Bertz CT molecular complexity index is 514. The van der Waals surface area contributed by atoms with Crippen LogP contribution in [0.4, 0.5) is 0 Å². The molecule has 20 heavy (non-hydrogen) atoms. The smallest absolute Gasteiger partial charge is 0.166 e. The molecule has 0 aliphatic heterocycles. The minimum absolute atomic E-state index is 0.393. The van der Waals surface area contributed by atoms with E-state index in [0.717, 1.165) is 18.8 Å². The number of rotatable bonds is 7. The lowest BCUT2D eigenvalue weighted by Crippen LogP contribution is -2.18. The number of benzene rings is 1. The molecular formula is C16H21N3O. The van der Waals surface area contributed by atoms with Gasteiger partial charge >= 0.3 is 0 Å². The summed E-state index contributed by atoms with van der Waals surface area (Å²) in [6, 6.07) is 9.91. The molecule has 1 aromatic carbocycles. The van der Waals surface area contributed by atoms with Crippen LogP contribution in [0.2, 0.25) is 0 Å². The van der Waals surface area contributed by atoms with E-state index in [0.29, 0.717) is 18.3 Å². The molecule has 106 valence electrons. The Balaban J connectivity index is 1.86. The summed E-state index contributed by atoms with van der Waals surface area (Å²) in [7, 11) is 0. The summed E-state index contributed by atoms with van der Waals surface area (Å²) in [5.74, 6) is 2.20. The van der Waals surface area contributed by atoms with Crippen LogP contribution in [0.15, 0.2) is 42.7 Å². The van der Waals surface area contributed by atoms with Gasteiger partial charge in [-0.15, -0.1) is 0 Å². The molecule has 1 N–H and O–H groups in total. The van der Waals surface area contributed by atoms with Crippen molar-refractivity contribution in [2.45, 2.75) is 27.0 Å². The van der Waals surface area contributed by atoms with E-state index >= 15 is 0 Å². The molecule has 0 fully saturated rings. The molecule has 0 saturated carbocycles. The molecule has 1 heterocycles. The van der Waals surface area contributed by atoms with Gasteiger partial charge in [-0.1, -0.05) is 26.0 Å². The van der Waals surface area contributed by atoms with Gasteiger partial charge in [0.2, 0.25) is 0 Å². The Morgan fingerprint density at radius 3 is 2.70 bits per heavy atom. The molecule has 0 amide bonds. The number of aromatic nitrogens is 2. The summed E-state index contributed by atoms with van der Waals surface area (Å²) in [4.78, 5) is 8.27. The van der Waals surface area contributed by atoms with Crippen molar-refractivity contribution >= 4 is 0 Å². The third kappa shape index (κ3) is 4.97. The highest BCUT2D eigenvalue weighted by molar-refractivity contribution is 5.28. The molecule has 0 spiro atoms. The zero-order valence-electron chi connectivity index (χ0n) is 12.0. The maximum absolute atomic E-state index is 5.71. The number of nitrogens with zero attached hydrogens (tertiary/aromatic N) is 2. The Labute approximate surface area is 120 Å². The molecule has 4 nitrogen and oxygen atoms in total. The molecule has 2 rings (SSSR count). The first-order valence-electron chi connectivity index (χ1n) is 6.92. The fraction of sp³-hybridized carbons (Fsp3) is 0.375. The monoisotopic (exact) mass is 271 g/mol. The van der Waals surface area contributed by atoms with Crippen molar-refractivity contribution < 1.29 is 4.74 Å². The zero-order chi connectivity index (χ0) is 14.2. The predicted octanol–water partition coefficient (Wildman–Crippen LogP) is 2.80. The Hall–Kier alpha value is -1.94. The minimum atomic E-state index is 0.393. The first kappa shape index (κ1) is 14.5. The third-order valence-corrected chi connectivity index (χ3v) is 2.77. The summed E-state index contributed by atoms with van der Waals surface area (Å²) >= 11 is 0. The van der Waals surface area contributed by atoms with Crippen molar-refractivity contribution in [1.82, 2.24) is 15.3 Å². The second-order valence-electron chi connectivity index (χ2n) is 5.13. The van der Waals surface area contributed by atoms with Gasteiger partial charge in [-0.3, -0.25) is 0 Å². The van der Waals surface area contributed by atoms with Crippen LogP contribution in [0.3, 0.4) is 0 Å². The van der Waals surface area contributed by atoms with E-state index in [1.807, 2.05) is 12.1 Å². The van der Waals surface area contributed by atoms with Gasteiger partial charge in [-0.2, -0.15) is 0 Å². The van der Waals surface area contributed by atoms with Gasteiger partial charge in [0.1, 0.15) is 12.4 Å². The topological polar surface area (TPSA) is 47.0 Å². The second kappa shape index (κ2) is 7.60. The van der Waals surface area contributed by atoms with Gasteiger partial charge in [0.15, 0.2) is 5.82 Å². The highest BCUT2D eigenvalue weighted by Crippen LogP contribution is 2.14. The predicted molar refractivity (Wildman–Crippen MR) is 79.4 cm³/mol. The molecule has 2 aromatic rings. The van der Waals surface area contributed by atoms with Gasteiger partial charge in [0.05, 0.1) is 0 Å². The number of nitrogens with one attached hydrogen (secondary N) is 1. The molecule has 0 radical (unpaired) electrons. The number of ether oxygens (including phenoxy) is 1. The molecule has 0 bridgehead atoms. The highest BCUT2D eigenvalue weighted by Gasteiger charge is 2.00. The van der Waals surface area contributed by atoms with E-state index in [9.17, 15) is 0 Å². The first-order chi connectivity index (χ1) is 9.74. The van der Waals surface area contributed by atoms with Crippen molar-refractivity contribution in [2.24, 2.45) is 5.92 Å². The first-order valence-corrected chi connectivity index (χ1v) is 6.92. The molecule has 0 saturated heterocycles. The quantitative estimate of drug-likeness (QED) is 0.841. The van der Waals surface area contributed by atoms with Crippen LogP contribution in [0.1, 0.15) is 25.2 Å². The lowest BCUT2D eigenvalue weighted by molar-refractivity contribution is 0.295. The average Bonchev–Trinajstić information content (AvgIpc) is 2.46. The standard InChI is InChI=1S/C16H21N3O/c1-13(2)10-17-11-14-5-3-6-15(9-14)20-12-16-18-7-4-8-19-16/h3-9,13,17H,10-12H2,1-2H3. The van der Waals surface area contributed by atoms with Crippen LogP contribution in [-0.2, 0) is 13.2 Å². The Kier molecular flexibility index (Phi) is 5.50. The molecule has 0 aliphatic rings. The van der Waals surface area contributed by atoms with Gasteiger partial charge in [-0.25, -0.2) is 9.97 Å². The van der Waals surface area contributed by atoms with Crippen LogP contribution < -0.4 is 10.1 Å². The van der Waals surface area contributed by atoms with Crippen LogP contribution in [-0.4, -0.2) is 16.5 Å².